The maximum atomic E-state index is 4.62. The zero-order valence-corrected chi connectivity index (χ0v) is 8.82. The zero-order valence-electron chi connectivity index (χ0n) is 3.53. The number of nitrogens with two attached hydrogens (primary N) is 2. The molecule has 4 N–H and O–H groups in total. The van der Waals surface area contributed by atoms with Crippen molar-refractivity contribution < 1.29 is 44.3 Å². The number of rotatable bonds is 0. The molecule has 7 heavy (non-hydrogen) atoms. The Kier molecular flexibility index (Phi) is 55.8. The van der Waals surface area contributed by atoms with Gasteiger partial charge in [0.2, 0.25) is 0 Å². The van der Waals surface area contributed by atoms with Crippen LogP contribution in [0.2, 0.25) is 0 Å². The Morgan fingerprint density at radius 3 is 1.14 bits per heavy atom. The van der Waals surface area contributed by atoms with E-state index < -0.39 is 0 Å². The average Bonchev–Trinajstić information content (AvgIpc) is 0.811. The van der Waals surface area contributed by atoms with Gasteiger partial charge in [0.1, 0.15) is 0 Å². The molecule has 0 bridgehead atoms. The van der Waals surface area contributed by atoms with E-state index in [1.165, 1.54) is 0 Å². The molecule has 0 fully saturated rings. The van der Waals surface area contributed by atoms with Gasteiger partial charge in [0, 0.05) is 0 Å². The normalized spacial score (nSPS) is 3.43. The van der Waals surface area contributed by atoms with E-state index in [1.807, 2.05) is 0 Å². The van der Waals surface area contributed by atoms with E-state index in [-0.39, 0.29) is 49.4 Å². The third-order valence-electron chi connectivity index (χ3n) is 0. The van der Waals surface area contributed by atoms with Gasteiger partial charge in [-0.1, -0.05) is 0 Å². The van der Waals surface area contributed by atoms with Gasteiger partial charge in [-0.2, -0.15) is 0 Å². The van der Waals surface area contributed by atoms with E-state index in [0.29, 0.717) is 0 Å². The quantitative estimate of drug-likeness (QED) is 0.310. The van der Waals surface area contributed by atoms with Crippen LogP contribution in [0, 0.1) is 0 Å². The fourth-order valence-electron chi connectivity index (χ4n) is 0. The van der Waals surface area contributed by atoms with Crippen molar-refractivity contribution in [1.29, 1.82) is 0 Å². The van der Waals surface area contributed by atoms with E-state index >= 15 is 0 Å². The fraction of sp³-hybridized carbons (Fsp3) is 0. The van der Waals surface area contributed by atoms with E-state index in [1.54, 1.807) is 0 Å². The van der Waals surface area contributed by atoms with Crippen LogP contribution < -0.4 is 36.3 Å². The van der Waals surface area contributed by atoms with Crippen LogP contribution in [0.15, 0.2) is 0 Å². The summed E-state index contributed by atoms with van der Waals surface area (Å²) >= 11 is 4.09. The van der Waals surface area contributed by atoms with Gasteiger partial charge in [0.25, 0.3) is 0 Å². The van der Waals surface area contributed by atoms with Crippen molar-refractivity contribution >= 4 is 17.3 Å². The molecule has 0 aliphatic carbocycles. The summed E-state index contributed by atoms with van der Waals surface area (Å²) < 4.78 is 0. The minimum absolute atomic E-state index is 0. The van der Waals surface area contributed by atoms with E-state index in [4.69, 9.17) is 0 Å². The van der Waals surface area contributed by atoms with Crippen molar-refractivity contribution in [3.8, 4) is 0 Å². The van der Waals surface area contributed by atoms with Gasteiger partial charge < -0.3 is 36.3 Å². The van der Waals surface area contributed by atoms with Gasteiger partial charge in [0.05, 0.1) is 0 Å². The first-order valence-electron chi connectivity index (χ1n) is 0.781. The van der Waals surface area contributed by atoms with Crippen molar-refractivity contribution in [2.24, 2.45) is 11.5 Å². The molecule has 0 heterocycles. The van der Waals surface area contributed by atoms with Crippen molar-refractivity contribution in [3.63, 3.8) is 0 Å². The molecule has 0 aliphatic heterocycles. The van der Waals surface area contributed by atoms with Gasteiger partial charge in [-0.05, 0) is 12.2 Å². The number of halogens is 2. The molecule has 2 nitrogen and oxygen atoms in total. The zero-order chi connectivity index (χ0) is 3.58. The molecular formula is CH4Cl2N2SZn. The largest absolute Gasteiger partial charge is 2.00 e. The summed E-state index contributed by atoms with van der Waals surface area (Å²) in [5.41, 5.74) is 9.24. The maximum Gasteiger partial charge on any atom is 2.00 e. The van der Waals surface area contributed by atoms with Crippen LogP contribution in [0.25, 0.3) is 0 Å². The molecule has 0 aliphatic rings. The molecule has 0 aromatic rings. The van der Waals surface area contributed by atoms with Crippen LogP contribution in [0.3, 0.4) is 0 Å². The van der Waals surface area contributed by atoms with Crippen molar-refractivity contribution in [1.82, 2.24) is 0 Å². The monoisotopic (exact) mass is 210 g/mol. The second-order valence-corrected chi connectivity index (χ2v) is 0.874. The molecule has 0 atom stereocenters. The Labute approximate surface area is 73.0 Å². The Morgan fingerprint density at radius 1 is 1.14 bits per heavy atom. The molecule has 0 radical (unpaired) electrons. The predicted octanol–water partition coefficient (Wildman–Crippen LogP) is -6.81. The van der Waals surface area contributed by atoms with Crippen LogP contribution in [-0.2, 0) is 19.5 Å². The molecule has 0 saturated heterocycles. The first-order valence-corrected chi connectivity index (χ1v) is 1.19. The minimum Gasteiger partial charge on any atom is -1.00 e. The van der Waals surface area contributed by atoms with Gasteiger partial charge in [-0.25, -0.2) is 0 Å². The third kappa shape index (κ3) is 207. The minimum atomic E-state index is 0. The van der Waals surface area contributed by atoms with Crippen LogP contribution in [0.5, 0.6) is 0 Å². The second kappa shape index (κ2) is 15.8. The van der Waals surface area contributed by atoms with E-state index in [2.05, 4.69) is 23.7 Å². The SMILES string of the molecule is NC(N)=S.[Cl-].[Cl-].[Zn+2]. The molecule has 0 amide bonds. The van der Waals surface area contributed by atoms with Crippen molar-refractivity contribution in [2.75, 3.05) is 0 Å². The number of hydrogen-bond donors (Lipinski definition) is 2. The number of thiocarbonyl (C=S) groups is 1. The van der Waals surface area contributed by atoms with Crippen molar-refractivity contribution in [2.45, 2.75) is 0 Å². The van der Waals surface area contributed by atoms with Gasteiger partial charge >= 0.3 is 19.5 Å². The molecule has 6 heteroatoms. The first-order chi connectivity index (χ1) is 1.73. The Balaban J connectivity index is -0.0000000150. The van der Waals surface area contributed by atoms with Crippen LogP contribution in [0.1, 0.15) is 0 Å². The van der Waals surface area contributed by atoms with E-state index in [0.717, 1.165) is 0 Å². The molecular weight excluding hydrogens is 208 g/mol. The van der Waals surface area contributed by atoms with Gasteiger partial charge in [-0.15, -0.1) is 0 Å². The van der Waals surface area contributed by atoms with Crippen LogP contribution >= 0.6 is 12.2 Å². The standard InChI is InChI=1S/CH4N2S.2ClH.Zn/c2-1(3)4;;;/h(H4,2,3,4);2*1H;/q;;;+2/p-2. The summed E-state index contributed by atoms with van der Waals surface area (Å²) in [6.07, 6.45) is 0. The molecule has 0 saturated carbocycles. The van der Waals surface area contributed by atoms with Crippen LogP contribution in [0.4, 0.5) is 0 Å². The van der Waals surface area contributed by atoms with Crippen LogP contribution in [-0.4, -0.2) is 5.11 Å². The van der Waals surface area contributed by atoms with Crippen molar-refractivity contribution in [3.05, 3.63) is 0 Å². The molecule has 0 aromatic carbocycles. The molecule has 0 unspecified atom stereocenters. The Hall–Kier alpha value is 0.893. The molecule has 40 valence electrons. The van der Waals surface area contributed by atoms with Gasteiger partial charge in [0.15, 0.2) is 5.11 Å². The summed E-state index contributed by atoms with van der Waals surface area (Å²) in [5.74, 6) is 0. The fourth-order valence-corrected chi connectivity index (χ4v) is 0. The molecule has 0 aromatic heterocycles. The molecule has 0 spiro atoms. The average molecular weight is 212 g/mol. The summed E-state index contributed by atoms with van der Waals surface area (Å²) in [4.78, 5) is 0. The summed E-state index contributed by atoms with van der Waals surface area (Å²) in [6.45, 7) is 0. The third-order valence-corrected chi connectivity index (χ3v) is 0. The Bertz CT molecular complexity index is 38.7. The first kappa shape index (κ1) is 24.7. The molecule has 0 rings (SSSR count). The topological polar surface area (TPSA) is 52.0 Å². The smallest absolute Gasteiger partial charge is 1.00 e. The van der Waals surface area contributed by atoms with Gasteiger partial charge in [-0.3, -0.25) is 0 Å². The predicted molar refractivity (Wildman–Crippen MR) is 21.0 cm³/mol. The summed E-state index contributed by atoms with van der Waals surface area (Å²) in [6, 6.07) is 0. The van der Waals surface area contributed by atoms with E-state index in [9.17, 15) is 0 Å². The summed E-state index contributed by atoms with van der Waals surface area (Å²) in [7, 11) is 0. The number of hydrogen-bond acceptors (Lipinski definition) is 1. The Morgan fingerprint density at radius 2 is 1.14 bits per heavy atom. The summed E-state index contributed by atoms with van der Waals surface area (Å²) in [5, 5.41) is 0.000000000000000222. The maximum absolute atomic E-state index is 4.62. The second-order valence-electron chi connectivity index (χ2n) is 0.402.